The van der Waals surface area contributed by atoms with Crippen molar-refractivity contribution >= 4 is 34.1 Å². The average molecular weight is 330 g/mol. The van der Waals surface area contributed by atoms with Crippen LogP contribution in [0.4, 0.5) is 19.6 Å². The van der Waals surface area contributed by atoms with Crippen LogP contribution in [0.5, 0.6) is 0 Å². The second kappa shape index (κ2) is 6.77. The number of halogens is 2. The molecule has 1 heterocycles. The van der Waals surface area contributed by atoms with Gasteiger partial charge in [0.1, 0.15) is 29.3 Å². The topological polar surface area (TPSA) is 80.8 Å². The minimum atomic E-state index is -0.901. The lowest BCUT2D eigenvalue weighted by molar-refractivity contribution is -0.115. The Balaban J connectivity index is 2.47. The van der Waals surface area contributed by atoms with Crippen LogP contribution in [0.25, 0.3) is 6.08 Å². The van der Waals surface area contributed by atoms with Crippen molar-refractivity contribution in [2.75, 3.05) is 4.90 Å². The van der Waals surface area contributed by atoms with Gasteiger partial charge in [-0.3, -0.25) is 9.69 Å². The molecule has 114 valence electrons. The number of nitrogens with zero attached hydrogens (tertiary/aromatic N) is 4. The summed E-state index contributed by atoms with van der Waals surface area (Å²) < 4.78 is 26.9. The molecule has 0 N–H and O–H groups in total. The van der Waals surface area contributed by atoms with Crippen molar-refractivity contribution in [2.45, 2.75) is 6.92 Å². The van der Waals surface area contributed by atoms with E-state index in [0.29, 0.717) is 6.07 Å². The highest BCUT2D eigenvalue weighted by Crippen LogP contribution is 2.31. The Bertz CT molecular complexity index is 860. The van der Waals surface area contributed by atoms with Gasteiger partial charge in [-0.2, -0.15) is 10.5 Å². The zero-order chi connectivity index (χ0) is 17.0. The lowest BCUT2D eigenvalue weighted by Gasteiger charge is -2.18. The first-order valence-electron chi connectivity index (χ1n) is 6.19. The van der Waals surface area contributed by atoms with Gasteiger partial charge in [0.15, 0.2) is 5.13 Å². The van der Waals surface area contributed by atoms with E-state index in [4.69, 9.17) is 10.5 Å². The molecule has 0 saturated carbocycles. The number of rotatable bonds is 3. The molecular formula is C15H8F2N4OS. The van der Waals surface area contributed by atoms with Crippen LogP contribution in [0.1, 0.15) is 12.6 Å². The first kappa shape index (κ1) is 16.3. The van der Waals surface area contributed by atoms with Crippen molar-refractivity contribution in [3.05, 3.63) is 46.5 Å². The van der Waals surface area contributed by atoms with Gasteiger partial charge in [0, 0.05) is 18.4 Å². The van der Waals surface area contributed by atoms with Crippen molar-refractivity contribution in [1.82, 2.24) is 4.98 Å². The highest BCUT2D eigenvalue weighted by Gasteiger charge is 2.21. The standard InChI is InChI=1S/C15H8F2N4OS/c1-9(22)21(14-3-2-11(16)5-13(14)17)15-20-12(8-23-15)4-10(6-18)7-19/h2-5,8H,1H3. The smallest absolute Gasteiger partial charge is 0.230 e. The van der Waals surface area contributed by atoms with Gasteiger partial charge in [-0.1, -0.05) is 0 Å². The highest BCUT2D eigenvalue weighted by atomic mass is 32.1. The van der Waals surface area contributed by atoms with Crippen LogP contribution in [0.15, 0.2) is 29.2 Å². The third-order valence-electron chi connectivity index (χ3n) is 2.70. The summed E-state index contributed by atoms with van der Waals surface area (Å²) in [4.78, 5) is 16.9. The quantitative estimate of drug-likeness (QED) is 0.806. The Hall–Kier alpha value is -3.10. The predicted octanol–water partition coefficient (Wildman–Crippen LogP) is 3.54. The molecule has 0 aliphatic heterocycles. The summed E-state index contributed by atoms with van der Waals surface area (Å²) in [5, 5.41) is 19.1. The second-order valence-corrected chi connectivity index (χ2v) is 5.12. The van der Waals surface area contributed by atoms with Gasteiger partial charge in [-0.05, 0) is 18.2 Å². The van der Waals surface area contributed by atoms with Gasteiger partial charge in [0.2, 0.25) is 5.91 Å². The Morgan fingerprint density at radius 1 is 1.35 bits per heavy atom. The summed E-state index contributed by atoms with van der Waals surface area (Å²) in [6, 6.07) is 6.22. The van der Waals surface area contributed by atoms with E-state index in [-0.39, 0.29) is 22.1 Å². The number of allylic oxidation sites excluding steroid dienone is 1. The fraction of sp³-hybridized carbons (Fsp3) is 0.0667. The van der Waals surface area contributed by atoms with Crippen molar-refractivity contribution in [2.24, 2.45) is 0 Å². The SMILES string of the molecule is CC(=O)N(c1nc(C=C(C#N)C#N)cs1)c1ccc(F)cc1F. The maximum Gasteiger partial charge on any atom is 0.230 e. The molecule has 0 spiro atoms. The van der Waals surface area contributed by atoms with Crippen LogP contribution in [0.2, 0.25) is 0 Å². The van der Waals surface area contributed by atoms with Crippen LogP contribution in [-0.4, -0.2) is 10.9 Å². The molecular weight excluding hydrogens is 322 g/mol. The summed E-state index contributed by atoms with van der Waals surface area (Å²) in [7, 11) is 0. The van der Waals surface area contributed by atoms with E-state index in [0.717, 1.165) is 28.4 Å². The number of hydrogen-bond donors (Lipinski definition) is 0. The zero-order valence-electron chi connectivity index (χ0n) is 11.7. The average Bonchev–Trinajstić information content (AvgIpc) is 2.95. The van der Waals surface area contributed by atoms with Gasteiger partial charge in [-0.15, -0.1) is 11.3 Å². The summed E-state index contributed by atoms with van der Waals surface area (Å²) in [6.45, 7) is 1.22. The van der Waals surface area contributed by atoms with Gasteiger partial charge >= 0.3 is 0 Å². The van der Waals surface area contributed by atoms with Crippen molar-refractivity contribution in [3.63, 3.8) is 0 Å². The normalized spacial score (nSPS) is 9.61. The third-order valence-corrected chi connectivity index (χ3v) is 3.54. The zero-order valence-corrected chi connectivity index (χ0v) is 12.6. The van der Waals surface area contributed by atoms with Crippen molar-refractivity contribution < 1.29 is 13.6 Å². The fourth-order valence-corrected chi connectivity index (χ4v) is 2.59. The lowest BCUT2D eigenvalue weighted by atomic mass is 10.2. The number of hydrogen-bond acceptors (Lipinski definition) is 5. The van der Waals surface area contributed by atoms with Crippen molar-refractivity contribution in [3.8, 4) is 12.1 Å². The molecule has 0 atom stereocenters. The van der Waals surface area contributed by atoms with Gasteiger partial charge in [-0.25, -0.2) is 13.8 Å². The summed E-state index contributed by atoms with van der Waals surface area (Å²) >= 11 is 1.03. The van der Waals surface area contributed by atoms with Gasteiger partial charge < -0.3 is 0 Å². The van der Waals surface area contributed by atoms with E-state index in [2.05, 4.69) is 4.98 Å². The summed E-state index contributed by atoms with van der Waals surface area (Å²) in [6.07, 6.45) is 1.25. The molecule has 0 saturated heterocycles. The second-order valence-electron chi connectivity index (χ2n) is 4.29. The van der Waals surface area contributed by atoms with Gasteiger partial charge in [0.25, 0.3) is 0 Å². The number of nitriles is 2. The predicted molar refractivity (Wildman–Crippen MR) is 80.5 cm³/mol. The number of carbonyl (C=O) groups is 1. The van der Waals surface area contributed by atoms with Crippen LogP contribution in [0.3, 0.4) is 0 Å². The molecule has 0 unspecified atom stereocenters. The van der Waals surface area contributed by atoms with E-state index in [1.165, 1.54) is 18.4 Å². The molecule has 0 bridgehead atoms. The Kier molecular flexibility index (Phi) is 4.79. The number of benzene rings is 1. The molecule has 8 heteroatoms. The number of amides is 1. The molecule has 2 rings (SSSR count). The number of thiazole rings is 1. The maximum absolute atomic E-state index is 13.9. The minimum Gasteiger partial charge on any atom is -0.274 e. The first-order chi connectivity index (χ1) is 11.0. The van der Waals surface area contributed by atoms with Crippen molar-refractivity contribution in [1.29, 1.82) is 10.5 Å². The van der Waals surface area contributed by atoms with Crippen LogP contribution in [-0.2, 0) is 4.79 Å². The molecule has 0 aliphatic rings. The number of carbonyl (C=O) groups excluding carboxylic acids is 1. The largest absolute Gasteiger partial charge is 0.274 e. The summed E-state index contributed by atoms with van der Waals surface area (Å²) in [5.74, 6) is -2.17. The van der Waals surface area contributed by atoms with E-state index in [1.54, 1.807) is 12.1 Å². The molecule has 2 aromatic rings. The Labute approximate surface area is 134 Å². The van der Waals surface area contributed by atoms with E-state index in [1.807, 2.05) is 0 Å². The van der Waals surface area contributed by atoms with Crippen LogP contribution in [0, 0.1) is 34.3 Å². The van der Waals surface area contributed by atoms with E-state index < -0.39 is 17.5 Å². The minimum absolute atomic E-state index is 0.135. The van der Waals surface area contributed by atoms with Gasteiger partial charge in [0.05, 0.1) is 11.4 Å². The van der Waals surface area contributed by atoms with E-state index >= 15 is 0 Å². The molecule has 5 nitrogen and oxygen atoms in total. The molecule has 0 aliphatic carbocycles. The Morgan fingerprint density at radius 3 is 2.61 bits per heavy atom. The Morgan fingerprint density at radius 2 is 2.04 bits per heavy atom. The molecule has 23 heavy (non-hydrogen) atoms. The molecule has 0 fully saturated rings. The lowest BCUT2D eigenvalue weighted by Crippen LogP contribution is -2.23. The number of aromatic nitrogens is 1. The fourth-order valence-electron chi connectivity index (χ4n) is 1.75. The maximum atomic E-state index is 13.9. The molecule has 1 amide bonds. The molecule has 0 radical (unpaired) electrons. The monoisotopic (exact) mass is 330 g/mol. The molecule has 1 aromatic carbocycles. The van der Waals surface area contributed by atoms with Crippen LogP contribution >= 0.6 is 11.3 Å². The first-order valence-corrected chi connectivity index (χ1v) is 7.07. The highest BCUT2D eigenvalue weighted by molar-refractivity contribution is 7.14. The third kappa shape index (κ3) is 3.57. The van der Waals surface area contributed by atoms with Crippen LogP contribution < -0.4 is 4.90 Å². The number of anilines is 2. The summed E-state index contributed by atoms with van der Waals surface area (Å²) in [5.41, 5.74) is 0.00521. The van der Waals surface area contributed by atoms with E-state index in [9.17, 15) is 13.6 Å². The molecule has 1 aromatic heterocycles.